The van der Waals surface area contributed by atoms with Gasteiger partial charge in [0.05, 0.1) is 0 Å². The summed E-state index contributed by atoms with van der Waals surface area (Å²) in [5.41, 5.74) is 0.0758. The summed E-state index contributed by atoms with van der Waals surface area (Å²) in [5.74, 6) is 0.683. The van der Waals surface area contributed by atoms with Crippen LogP contribution in [0.3, 0.4) is 0 Å². The maximum Gasteiger partial charge on any atom is 0.0419 e. The molecule has 4 aliphatic rings. The number of carbonyl (C=O) groups is 1. The number of alkyl halides is 1. The van der Waals surface area contributed by atoms with Crippen LogP contribution in [-0.2, 0) is 4.79 Å². The summed E-state index contributed by atoms with van der Waals surface area (Å²) in [6.45, 7) is 0. The van der Waals surface area contributed by atoms with E-state index >= 15 is 0 Å². The van der Waals surface area contributed by atoms with Crippen LogP contribution in [0, 0.1) is 17.3 Å². The Labute approximate surface area is 98.6 Å². The van der Waals surface area contributed by atoms with Crippen molar-refractivity contribution in [2.75, 3.05) is 0 Å². The van der Waals surface area contributed by atoms with Crippen LogP contribution in [0.4, 0.5) is 0 Å². The van der Waals surface area contributed by atoms with Crippen LogP contribution >= 0.6 is 15.9 Å². The third-order valence-electron chi connectivity index (χ3n) is 4.63. The van der Waals surface area contributed by atoms with Crippen molar-refractivity contribution in [2.45, 2.75) is 49.3 Å². The third-order valence-corrected chi connectivity index (χ3v) is 5.56. The molecule has 2 unspecified atom stereocenters. The molecule has 3 heteroatoms. The molecule has 0 aliphatic heterocycles. The fourth-order valence-electron chi connectivity index (χ4n) is 4.85. The van der Waals surface area contributed by atoms with Crippen molar-refractivity contribution < 1.29 is 9.90 Å². The van der Waals surface area contributed by atoms with Gasteiger partial charge in [-0.2, -0.15) is 0 Å². The van der Waals surface area contributed by atoms with Crippen LogP contribution in [0.5, 0.6) is 0 Å². The average Bonchev–Trinajstić information content (AvgIpc) is 1.94. The van der Waals surface area contributed by atoms with E-state index in [0.717, 1.165) is 31.1 Å². The fourth-order valence-corrected chi connectivity index (χ4v) is 6.36. The lowest BCUT2D eigenvalue weighted by molar-refractivity contribution is -0.309. The predicted molar refractivity (Wildman–Crippen MR) is 58.4 cm³/mol. The lowest BCUT2D eigenvalue weighted by Crippen LogP contribution is -2.54. The molecule has 84 valence electrons. The maximum atomic E-state index is 10.9. The zero-order valence-corrected chi connectivity index (χ0v) is 10.4. The minimum Gasteiger partial charge on any atom is -0.550 e. The Bertz CT molecular complexity index is 299. The lowest BCUT2D eigenvalue weighted by Gasteiger charge is -2.60. The summed E-state index contributed by atoms with van der Waals surface area (Å²) in [7, 11) is 0. The van der Waals surface area contributed by atoms with Gasteiger partial charge in [0, 0.05) is 10.3 Å². The van der Waals surface area contributed by atoms with Crippen LogP contribution in [0.15, 0.2) is 0 Å². The Balaban J connectivity index is 1.89. The molecule has 4 saturated carbocycles. The molecule has 0 aromatic carbocycles. The number of carbonyl (C=O) groups excluding carboxylic acids is 1. The van der Waals surface area contributed by atoms with Crippen LogP contribution in [0.25, 0.3) is 0 Å². The van der Waals surface area contributed by atoms with Gasteiger partial charge in [-0.1, -0.05) is 15.9 Å². The highest BCUT2D eigenvalue weighted by Gasteiger charge is 2.56. The number of carboxylic acids is 1. The number of rotatable bonds is 2. The van der Waals surface area contributed by atoms with Gasteiger partial charge in [0.15, 0.2) is 0 Å². The van der Waals surface area contributed by atoms with Crippen molar-refractivity contribution in [2.24, 2.45) is 17.3 Å². The SMILES string of the molecule is O=C([O-])CC12C[C@@H]3C[C@@H](CC(Br)(C3)C1)C2. The Morgan fingerprint density at radius 2 is 1.87 bits per heavy atom. The van der Waals surface area contributed by atoms with Gasteiger partial charge in [0.2, 0.25) is 0 Å². The van der Waals surface area contributed by atoms with Crippen molar-refractivity contribution >= 4 is 21.9 Å². The van der Waals surface area contributed by atoms with E-state index in [-0.39, 0.29) is 16.2 Å². The quantitative estimate of drug-likeness (QED) is 0.720. The van der Waals surface area contributed by atoms with Crippen molar-refractivity contribution in [3.63, 3.8) is 0 Å². The zero-order chi connectivity index (χ0) is 10.7. The van der Waals surface area contributed by atoms with Gasteiger partial charge in [0.1, 0.15) is 0 Å². The van der Waals surface area contributed by atoms with Gasteiger partial charge in [0.25, 0.3) is 0 Å². The summed E-state index contributed by atoms with van der Waals surface area (Å²) in [6, 6.07) is 0. The monoisotopic (exact) mass is 271 g/mol. The van der Waals surface area contributed by atoms with E-state index in [4.69, 9.17) is 0 Å². The Morgan fingerprint density at radius 3 is 2.33 bits per heavy atom. The van der Waals surface area contributed by atoms with E-state index < -0.39 is 5.97 Å². The summed E-state index contributed by atoms with van der Waals surface area (Å²) in [6.07, 6.45) is 7.46. The average molecular weight is 272 g/mol. The first-order valence-corrected chi connectivity index (χ1v) is 6.67. The van der Waals surface area contributed by atoms with Gasteiger partial charge in [-0.15, -0.1) is 0 Å². The molecule has 0 aromatic rings. The van der Waals surface area contributed by atoms with E-state index in [1.807, 2.05) is 0 Å². The van der Waals surface area contributed by atoms with Crippen LogP contribution in [0.2, 0.25) is 0 Å². The number of hydrogen-bond donors (Lipinski definition) is 0. The molecular weight excluding hydrogens is 256 g/mol. The minimum atomic E-state index is -0.854. The number of aliphatic carboxylic acids is 1. The zero-order valence-electron chi connectivity index (χ0n) is 8.80. The number of halogens is 1. The molecule has 4 bridgehead atoms. The highest BCUT2D eigenvalue weighted by Crippen LogP contribution is 2.65. The number of carboxylic acid groups (broad SMARTS) is 1. The van der Waals surface area contributed by atoms with Crippen LogP contribution in [0.1, 0.15) is 44.9 Å². The Hall–Kier alpha value is -0.0500. The molecule has 4 aliphatic carbocycles. The Kier molecular flexibility index (Phi) is 2.02. The molecular formula is C12H16BrO2-. The molecule has 4 rings (SSSR count). The minimum absolute atomic E-state index is 0.0758. The predicted octanol–water partition coefficient (Wildman–Crippen LogP) is 1.86. The lowest BCUT2D eigenvalue weighted by atomic mass is 9.49. The van der Waals surface area contributed by atoms with Gasteiger partial charge in [-0.25, -0.2) is 0 Å². The van der Waals surface area contributed by atoms with E-state index in [9.17, 15) is 9.90 Å². The molecule has 0 spiro atoms. The summed E-state index contributed by atoms with van der Waals surface area (Å²) < 4.78 is 0.270. The molecule has 4 fully saturated rings. The molecule has 0 N–H and O–H groups in total. The van der Waals surface area contributed by atoms with Crippen molar-refractivity contribution in [1.29, 1.82) is 0 Å². The largest absolute Gasteiger partial charge is 0.550 e. The van der Waals surface area contributed by atoms with Gasteiger partial charge in [-0.3, -0.25) is 0 Å². The summed E-state index contributed by atoms with van der Waals surface area (Å²) in [5, 5.41) is 10.9. The molecule has 0 heterocycles. The first kappa shape index (κ1) is 10.1. The first-order valence-electron chi connectivity index (χ1n) is 5.88. The van der Waals surface area contributed by atoms with Crippen molar-refractivity contribution in [1.82, 2.24) is 0 Å². The second kappa shape index (κ2) is 2.99. The topological polar surface area (TPSA) is 40.1 Å². The smallest absolute Gasteiger partial charge is 0.0419 e. The highest BCUT2D eigenvalue weighted by molar-refractivity contribution is 9.10. The third kappa shape index (κ3) is 1.63. The first-order chi connectivity index (χ1) is 6.99. The fraction of sp³-hybridized carbons (Fsp3) is 0.917. The summed E-state index contributed by atoms with van der Waals surface area (Å²) >= 11 is 3.87. The molecule has 15 heavy (non-hydrogen) atoms. The van der Waals surface area contributed by atoms with E-state index in [0.29, 0.717) is 0 Å². The van der Waals surface area contributed by atoms with E-state index in [2.05, 4.69) is 15.9 Å². The molecule has 0 amide bonds. The molecule has 0 aromatic heterocycles. The van der Waals surface area contributed by atoms with Crippen LogP contribution < -0.4 is 5.11 Å². The molecule has 4 atom stereocenters. The highest BCUT2D eigenvalue weighted by atomic mass is 79.9. The summed E-state index contributed by atoms with van der Waals surface area (Å²) in [4.78, 5) is 10.9. The molecule has 0 radical (unpaired) electrons. The maximum absolute atomic E-state index is 10.9. The van der Waals surface area contributed by atoms with Gasteiger partial charge < -0.3 is 9.90 Å². The van der Waals surface area contributed by atoms with Gasteiger partial charge >= 0.3 is 0 Å². The van der Waals surface area contributed by atoms with Crippen molar-refractivity contribution in [3.8, 4) is 0 Å². The van der Waals surface area contributed by atoms with Gasteiger partial charge in [-0.05, 0) is 62.2 Å². The Morgan fingerprint density at radius 1 is 1.27 bits per heavy atom. The second-order valence-electron chi connectivity index (χ2n) is 6.16. The van der Waals surface area contributed by atoms with Crippen LogP contribution in [-0.4, -0.2) is 10.3 Å². The second-order valence-corrected chi connectivity index (χ2v) is 7.84. The normalized spacial score (nSPS) is 52.1. The standard InChI is InChI=1S/C12H17BrO2/c13-12-4-8-1-9(5-12)3-11(2-8,7-12)6-10(14)15/h8-9H,1-7H2,(H,14,15)/p-1/t8-,9+,11?,12?. The molecule has 2 nitrogen and oxygen atoms in total. The number of hydrogen-bond acceptors (Lipinski definition) is 2. The van der Waals surface area contributed by atoms with Crippen molar-refractivity contribution in [3.05, 3.63) is 0 Å². The van der Waals surface area contributed by atoms with E-state index in [1.54, 1.807) is 0 Å². The van der Waals surface area contributed by atoms with E-state index in [1.165, 1.54) is 19.3 Å². The molecule has 0 saturated heterocycles.